The number of H-pyrrole nitrogens is 1. The fraction of sp³-hybridized carbons (Fsp3) is 0.250. The van der Waals surface area contributed by atoms with Gasteiger partial charge >= 0.3 is 0 Å². The molecule has 0 unspecified atom stereocenters. The highest BCUT2D eigenvalue weighted by Crippen LogP contribution is 2.29. The Morgan fingerprint density at radius 2 is 2.25 bits per heavy atom. The summed E-state index contributed by atoms with van der Waals surface area (Å²) < 4.78 is 0. The quantitative estimate of drug-likeness (QED) is 0.781. The van der Waals surface area contributed by atoms with Gasteiger partial charge in [0.1, 0.15) is 5.84 Å². The average Bonchev–Trinajstić information content (AvgIpc) is 2.84. The summed E-state index contributed by atoms with van der Waals surface area (Å²) in [4.78, 5) is 7.80. The highest BCUT2D eigenvalue weighted by atomic mass is 35.5. The van der Waals surface area contributed by atoms with Gasteiger partial charge in [-0.05, 0) is 19.1 Å². The Hall–Kier alpha value is -1.48. The molecule has 0 aliphatic carbocycles. The maximum Gasteiger partial charge on any atom is 0.130 e. The summed E-state index contributed by atoms with van der Waals surface area (Å²) in [6, 6.07) is 5.90. The van der Waals surface area contributed by atoms with E-state index < -0.39 is 0 Å². The Bertz CT molecular complexity index is 583. The minimum atomic E-state index is 0.772. The van der Waals surface area contributed by atoms with Gasteiger partial charge in [0.15, 0.2) is 0 Å². The van der Waals surface area contributed by atoms with Gasteiger partial charge in [-0.25, -0.2) is 0 Å². The van der Waals surface area contributed by atoms with Crippen LogP contribution in [0.15, 0.2) is 23.2 Å². The third-order valence-electron chi connectivity index (χ3n) is 2.87. The lowest BCUT2D eigenvalue weighted by Crippen LogP contribution is -2.20. The van der Waals surface area contributed by atoms with E-state index in [4.69, 9.17) is 11.6 Å². The van der Waals surface area contributed by atoms with Gasteiger partial charge in [0.05, 0.1) is 11.6 Å². The lowest BCUT2D eigenvalue weighted by molar-refractivity contribution is 0.960. The Morgan fingerprint density at radius 1 is 1.38 bits per heavy atom. The first kappa shape index (κ1) is 9.73. The summed E-state index contributed by atoms with van der Waals surface area (Å²) in [7, 11) is 0. The molecule has 0 saturated carbocycles. The first-order chi connectivity index (χ1) is 7.77. The number of nitrogens with zero attached hydrogens (tertiary/aromatic N) is 1. The van der Waals surface area contributed by atoms with Crippen LogP contribution in [0.3, 0.4) is 0 Å². The lowest BCUT2D eigenvalue weighted by atomic mass is 10.1. The van der Waals surface area contributed by atoms with Gasteiger partial charge in [0.25, 0.3) is 0 Å². The molecule has 3 rings (SSSR count). The highest BCUT2D eigenvalue weighted by Gasteiger charge is 2.18. The minimum Gasteiger partial charge on any atom is -0.368 e. The molecule has 3 nitrogen and oxygen atoms in total. The number of aliphatic imine (C=N–C) groups is 1. The van der Waals surface area contributed by atoms with Crippen molar-refractivity contribution in [1.82, 2.24) is 10.3 Å². The number of halogens is 1. The topological polar surface area (TPSA) is 40.2 Å². The average molecular weight is 234 g/mol. The Kier molecular flexibility index (Phi) is 2.14. The molecule has 0 radical (unpaired) electrons. The second-order valence-corrected chi connectivity index (χ2v) is 4.35. The van der Waals surface area contributed by atoms with E-state index >= 15 is 0 Å². The number of nitrogens with one attached hydrogen (secondary N) is 2. The van der Waals surface area contributed by atoms with E-state index in [1.807, 2.05) is 25.1 Å². The minimum absolute atomic E-state index is 0.772. The van der Waals surface area contributed by atoms with E-state index in [9.17, 15) is 0 Å². The molecular formula is C12H12ClN3. The van der Waals surface area contributed by atoms with Gasteiger partial charge in [0.2, 0.25) is 0 Å². The van der Waals surface area contributed by atoms with Crippen molar-refractivity contribution in [3.63, 3.8) is 0 Å². The highest BCUT2D eigenvalue weighted by molar-refractivity contribution is 6.37. The summed E-state index contributed by atoms with van der Waals surface area (Å²) in [6.07, 6.45) is 0. The fourth-order valence-electron chi connectivity index (χ4n) is 2.20. The van der Waals surface area contributed by atoms with E-state index in [1.165, 1.54) is 0 Å². The van der Waals surface area contributed by atoms with Gasteiger partial charge in [-0.2, -0.15) is 0 Å². The summed E-state index contributed by atoms with van der Waals surface area (Å²) >= 11 is 6.25. The predicted octanol–water partition coefficient (Wildman–Crippen LogP) is 2.48. The maximum atomic E-state index is 6.25. The molecule has 0 saturated heterocycles. The van der Waals surface area contributed by atoms with Crippen molar-refractivity contribution < 1.29 is 0 Å². The van der Waals surface area contributed by atoms with E-state index in [1.54, 1.807) is 0 Å². The molecule has 16 heavy (non-hydrogen) atoms. The molecule has 0 atom stereocenters. The van der Waals surface area contributed by atoms with Gasteiger partial charge < -0.3 is 10.3 Å². The number of aryl methyl sites for hydroxylation is 1. The molecule has 1 aromatic heterocycles. The summed E-state index contributed by atoms with van der Waals surface area (Å²) in [5, 5.41) is 5.13. The Labute approximate surface area is 98.5 Å². The van der Waals surface area contributed by atoms with Crippen LogP contribution in [0.2, 0.25) is 5.02 Å². The predicted molar refractivity (Wildman–Crippen MR) is 67.5 cm³/mol. The van der Waals surface area contributed by atoms with E-state index in [2.05, 4.69) is 15.3 Å². The number of benzene rings is 1. The maximum absolute atomic E-state index is 6.25. The molecule has 2 N–H and O–H groups in total. The van der Waals surface area contributed by atoms with Crippen molar-refractivity contribution in [2.24, 2.45) is 4.99 Å². The van der Waals surface area contributed by atoms with Crippen molar-refractivity contribution in [2.75, 3.05) is 13.1 Å². The number of hydrogen-bond acceptors (Lipinski definition) is 2. The lowest BCUT2D eigenvalue weighted by Gasteiger charge is -2.03. The van der Waals surface area contributed by atoms with Gasteiger partial charge in [-0.15, -0.1) is 0 Å². The first-order valence-corrected chi connectivity index (χ1v) is 5.70. The summed E-state index contributed by atoms with van der Waals surface area (Å²) in [6.45, 7) is 3.80. The largest absolute Gasteiger partial charge is 0.368 e. The molecular weight excluding hydrogens is 222 g/mol. The molecule has 0 spiro atoms. The Balaban J connectivity index is 2.34. The van der Waals surface area contributed by atoms with Crippen LogP contribution in [0, 0.1) is 6.92 Å². The monoisotopic (exact) mass is 233 g/mol. The fourth-order valence-corrected chi connectivity index (χ4v) is 2.46. The third kappa shape index (κ3) is 1.32. The zero-order chi connectivity index (χ0) is 11.1. The van der Waals surface area contributed by atoms with Crippen LogP contribution in [0.5, 0.6) is 0 Å². The number of amidine groups is 1. The van der Waals surface area contributed by atoms with Gasteiger partial charge in [-0.3, -0.25) is 4.99 Å². The molecule has 1 aromatic carbocycles. The second kappa shape index (κ2) is 3.52. The number of rotatable bonds is 1. The molecule has 2 aromatic rings. The first-order valence-electron chi connectivity index (χ1n) is 5.33. The zero-order valence-electron chi connectivity index (χ0n) is 8.97. The Morgan fingerprint density at radius 3 is 3.00 bits per heavy atom. The standard InChI is InChI=1S/C12H12ClN3/c1-7-10(12-14-5-6-15-12)11-8(13)3-2-4-9(11)16-7/h2-4,16H,5-6H2,1H3,(H,14,15). The summed E-state index contributed by atoms with van der Waals surface area (Å²) in [5.74, 6) is 0.955. The number of hydrogen-bond donors (Lipinski definition) is 2. The van der Waals surface area contributed by atoms with E-state index in [0.717, 1.165) is 46.1 Å². The summed E-state index contributed by atoms with van der Waals surface area (Å²) in [5.41, 5.74) is 3.28. The SMILES string of the molecule is Cc1[nH]c2cccc(Cl)c2c1C1=NCCN1. The molecule has 0 bridgehead atoms. The third-order valence-corrected chi connectivity index (χ3v) is 3.19. The van der Waals surface area contributed by atoms with E-state index in [0.29, 0.717) is 0 Å². The van der Waals surface area contributed by atoms with Crippen LogP contribution < -0.4 is 5.32 Å². The second-order valence-electron chi connectivity index (χ2n) is 3.94. The molecule has 1 aliphatic rings. The number of aromatic nitrogens is 1. The van der Waals surface area contributed by atoms with Crippen LogP contribution in [-0.2, 0) is 0 Å². The van der Waals surface area contributed by atoms with Crippen LogP contribution >= 0.6 is 11.6 Å². The van der Waals surface area contributed by atoms with Gasteiger partial charge in [0, 0.05) is 28.7 Å². The van der Waals surface area contributed by atoms with Crippen molar-refractivity contribution in [3.8, 4) is 0 Å². The molecule has 0 amide bonds. The van der Waals surface area contributed by atoms with Crippen LogP contribution in [0.25, 0.3) is 10.9 Å². The van der Waals surface area contributed by atoms with Crippen LogP contribution in [0.4, 0.5) is 0 Å². The molecule has 2 heterocycles. The van der Waals surface area contributed by atoms with Crippen molar-refractivity contribution >= 4 is 28.3 Å². The number of fused-ring (bicyclic) bond motifs is 1. The van der Waals surface area contributed by atoms with Crippen molar-refractivity contribution in [1.29, 1.82) is 0 Å². The molecule has 4 heteroatoms. The normalized spacial score (nSPS) is 15.2. The van der Waals surface area contributed by atoms with Crippen LogP contribution in [-0.4, -0.2) is 23.9 Å². The van der Waals surface area contributed by atoms with Crippen molar-refractivity contribution in [2.45, 2.75) is 6.92 Å². The molecule has 82 valence electrons. The van der Waals surface area contributed by atoms with Crippen LogP contribution in [0.1, 0.15) is 11.3 Å². The number of aromatic amines is 1. The molecule has 1 aliphatic heterocycles. The molecule has 0 fully saturated rings. The zero-order valence-corrected chi connectivity index (χ0v) is 9.73. The van der Waals surface area contributed by atoms with Gasteiger partial charge in [-0.1, -0.05) is 17.7 Å². The smallest absolute Gasteiger partial charge is 0.130 e. The van der Waals surface area contributed by atoms with Crippen molar-refractivity contribution in [3.05, 3.63) is 34.5 Å². The van der Waals surface area contributed by atoms with E-state index in [-0.39, 0.29) is 0 Å².